The molecule has 1 aromatic heterocycles. The van der Waals surface area contributed by atoms with Crippen molar-refractivity contribution in [1.82, 2.24) is 15.2 Å². The van der Waals surface area contributed by atoms with Crippen LogP contribution in [0, 0.1) is 0 Å². The molecule has 1 aromatic carbocycles. The lowest BCUT2D eigenvalue weighted by atomic mass is 10.3. The fraction of sp³-hybridized carbons (Fsp3) is 0.467. The molecule has 0 bridgehead atoms. The van der Waals surface area contributed by atoms with Crippen LogP contribution in [0.5, 0.6) is 0 Å². The average Bonchev–Trinajstić information content (AvgIpc) is 2.79. The summed E-state index contributed by atoms with van der Waals surface area (Å²) in [5.74, 6) is 0.670. The first-order chi connectivity index (χ1) is 9.58. The van der Waals surface area contributed by atoms with Gasteiger partial charge in [0.2, 0.25) is 11.8 Å². The molecule has 0 radical (unpaired) electrons. The summed E-state index contributed by atoms with van der Waals surface area (Å²) < 4.78 is 5.68. The molecule has 0 atom stereocenters. The molecule has 1 heterocycles. The van der Waals surface area contributed by atoms with Crippen molar-refractivity contribution in [2.75, 3.05) is 13.1 Å². The van der Waals surface area contributed by atoms with Gasteiger partial charge >= 0.3 is 0 Å². The van der Waals surface area contributed by atoms with Crippen LogP contribution in [0.2, 0.25) is 0 Å². The largest absolute Gasteiger partial charge is 0.439 e. The molecule has 0 unspecified atom stereocenters. The Kier molecular flexibility index (Phi) is 4.74. The van der Waals surface area contributed by atoms with Crippen LogP contribution < -0.4 is 5.32 Å². The molecule has 108 valence electrons. The Morgan fingerprint density at radius 1 is 1.40 bits per heavy atom. The highest BCUT2D eigenvalue weighted by Crippen LogP contribution is 2.15. The van der Waals surface area contributed by atoms with Gasteiger partial charge in [0.25, 0.3) is 0 Å². The van der Waals surface area contributed by atoms with E-state index in [1.165, 1.54) is 0 Å². The Labute approximate surface area is 119 Å². The fourth-order valence-corrected chi connectivity index (χ4v) is 2.03. The molecule has 0 saturated carbocycles. The first kappa shape index (κ1) is 14.5. The maximum absolute atomic E-state index is 11.8. The summed E-state index contributed by atoms with van der Waals surface area (Å²) in [4.78, 5) is 18.2. The molecule has 2 rings (SSSR count). The Morgan fingerprint density at radius 2 is 2.15 bits per heavy atom. The van der Waals surface area contributed by atoms with Crippen molar-refractivity contribution >= 4 is 17.0 Å². The van der Waals surface area contributed by atoms with Crippen molar-refractivity contribution in [3.8, 4) is 0 Å². The fourth-order valence-electron chi connectivity index (χ4n) is 2.03. The number of amides is 1. The minimum atomic E-state index is 0.0259. The van der Waals surface area contributed by atoms with E-state index in [0.717, 1.165) is 17.6 Å². The molecule has 0 spiro atoms. The number of hydrogen-bond donors (Lipinski definition) is 1. The van der Waals surface area contributed by atoms with Crippen molar-refractivity contribution in [3.63, 3.8) is 0 Å². The molecule has 2 aromatic rings. The number of aromatic nitrogens is 1. The Bertz CT molecular complexity index is 544. The zero-order valence-electron chi connectivity index (χ0n) is 12.2. The summed E-state index contributed by atoms with van der Waals surface area (Å²) >= 11 is 0. The number of nitrogens with one attached hydrogen (secondary N) is 1. The van der Waals surface area contributed by atoms with Gasteiger partial charge in [0.1, 0.15) is 5.52 Å². The van der Waals surface area contributed by atoms with Crippen LogP contribution >= 0.6 is 0 Å². The van der Waals surface area contributed by atoms with Gasteiger partial charge in [-0.25, -0.2) is 4.98 Å². The van der Waals surface area contributed by atoms with E-state index in [9.17, 15) is 4.79 Å². The lowest BCUT2D eigenvalue weighted by Crippen LogP contribution is -2.39. The third-order valence-electron chi connectivity index (χ3n) is 2.96. The molecular weight excluding hydrogens is 254 g/mol. The number of carbonyl (C=O) groups is 1. The molecule has 0 fully saturated rings. The summed E-state index contributed by atoms with van der Waals surface area (Å²) in [7, 11) is 0. The molecule has 0 aliphatic heterocycles. The first-order valence-electron chi connectivity index (χ1n) is 6.94. The van der Waals surface area contributed by atoms with Crippen LogP contribution in [-0.2, 0) is 11.3 Å². The number of hydrogen-bond acceptors (Lipinski definition) is 4. The van der Waals surface area contributed by atoms with E-state index in [2.05, 4.69) is 10.3 Å². The van der Waals surface area contributed by atoms with Crippen LogP contribution in [0.15, 0.2) is 28.7 Å². The number of fused-ring (bicyclic) bond motifs is 1. The quantitative estimate of drug-likeness (QED) is 0.878. The minimum Gasteiger partial charge on any atom is -0.439 e. The summed E-state index contributed by atoms with van der Waals surface area (Å²) in [6.07, 6.45) is 0. The van der Waals surface area contributed by atoms with Crippen LogP contribution in [0.25, 0.3) is 11.1 Å². The number of para-hydroxylation sites is 2. The molecule has 1 amide bonds. The standard InChI is InChI=1S/C15H21N3O2/c1-4-18(9-14(19)16-11(2)3)10-15-17-12-7-5-6-8-13(12)20-15/h5-8,11H,4,9-10H2,1-3H3,(H,16,19). The predicted molar refractivity (Wildman–Crippen MR) is 78.2 cm³/mol. The smallest absolute Gasteiger partial charge is 0.234 e. The Hall–Kier alpha value is -1.88. The molecule has 5 heteroatoms. The molecule has 5 nitrogen and oxygen atoms in total. The van der Waals surface area contributed by atoms with E-state index >= 15 is 0 Å². The van der Waals surface area contributed by atoms with Gasteiger partial charge in [-0.3, -0.25) is 9.69 Å². The van der Waals surface area contributed by atoms with Crippen LogP contribution in [-0.4, -0.2) is 34.9 Å². The first-order valence-corrected chi connectivity index (χ1v) is 6.94. The molecule has 0 saturated heterocycles. The van der Waals surface area contributed by atoms with Crippen LogP contribution in [0.4, 0.5) is 0 Å². The SMILES string of the molecule is CCN(CC(=O)NC(C)C)Cc1nc2ccccc2o1. The highest BCUT2D eigenvalue weighted by atomic mass is 16.3. The summed E-state index contributed by atoms with van der Waals surface area (Å²) in [5, 5.41) is 2.89. The van der Waals surface area contributed by atoms with Crippen LogP contribution in [0.3, 0.4) is 0 Å². The van der Waals surface area contributed by atoms with E-state index in [0.29, 0.717) is 19.0 Å². The van der Waals surface area contributed by atoms with Crippen molar-refractivity contribution in [1.29, 1.82) is 0 Å². The van der Waals surface area contributed by atoms with Gasteiger partial charge in [0.05, 0.1) is 13.1 Å². The topological polar surface area (TPSA) is 58.4 Å². The minimum absolute atomic E-state index is 0.0259. The van der Waals surface area contributed by atoms with Gasteiger partial charge in [0, 0.05) is 6.04 Å². The zero-order valence-corrected chi connectivity index (χ0v) is 12.2. The lowest BCUT2D eigenvalue weighted by Gasteiger charge is -2.18. The molecule has 1 N–H and O–H groups in total. The second-order valence-electron chi connectivity index (χ2n) is 5.10. The van der Waals surface area contributed by atoms with E-state index in [4.69, 9.17) is 4.42 Å². The lowest BCUT2D eigenvalue weighted by molar-refractivity contribution is -0.122. The maximum Gasteiger partial charge on any atom is 0.234 e. The number of rotatable bonds is 6. The monoisotopic (exact) mass is 275 g/mol. The highest BCUT2D eigenvalue weighted by Gasteiger charge is 2.13. The van der Waals surface area contributed by atoms with Gasteiger partial charge in [-0.05, 0) is 32.5 Å². The number of likely N-dealkylation sites (N-methyl/N-ethyl adjacent to an activating group) is 1. The molecule has 20 heavy (non-hydrogen) atoms. The summed E-state index contributed by atoms with van der Waals surface area (Å²) in [5.41, 5.74) is 1.63. The second-order valence-corrected chi connectivity index (χ2v) is 5.10. The van der Waals surface area contributed by atoms with Crippen molar-refractivity contribution in [2.45, 2.75) is 33.4 Å². The summed E-state index contributed by atoms with van der Waals surface area (Å²) in [6.45, 7) is 7.59. The average molecular weight is 275 g/mol. The van der Waals surface area contributed by atoms with Crippen molar-refractivity contribution in [3.05, 3.63) is 30.2 Å². The van der Waals surface area contributed by atoms with E-state index in [-0.39, 0.29) is 11.9 Å². The van der Waals surface area contributed by atoms with Gasteiger partial charge in [-0.15, -0.1) is 0 Å². The Balaban J connectivity index is 2.00. The molecule has 0 aliphatic rings. The third kappa shape index (κ3) is 3.81. The molecular formula is C15H21N3O2. The second kappa shape index (κ2) is 6.52. The number of carbonyl (C=O) groups excluding carboxylic acids is 1. The van der Waals surface area contributed by atoms with Gasteiger partial charge in [-0.2, -0.15) is 0 Å². The van der Waals surface area contributed by atoms with Gasteiger partial charge < -0.3 is 9.73 Å². The maximum atomic E-state index is 11.8. The number of oxazole rings is 1. The van der Waals surface area contributed by atoms with E-state index < -0.39 is 0 Å². The number of nitrogens with zero attached hydrogens (tertiary/aromatic N) is 2. The van der Waals surface area contributed by atoms with Crippen LogP contribution in [0.1, 0.15) is 26.7 Å². The van der Waals surface area contributed by atoms with E-state index in [1.54, 1.807) is 0 Å². The van der Waals surface area contributed by atoms with Crippen molar-refractivity contribution in [2.24, 2.45) is 0 Å². The summed E-state index contributed by atoms with van der Waals surface area (Å²) in [6, 6.07) is 7.83. The van der Waals surface area contributed by atoms with Gasteiger partial charge in [0.15, 0.2) is 5.58 Å². The van der Waals surface area contributed by atoms with Gasteiger partial charge in [-0.1, -0.05) is 19.1 Å². The van der Waals surface area contributed by atoms with E-state index in [1.807, 2.05) is 49.9 Å². The highest BCUT2D eigenvalue weighted by molar-refractivity contribution is 5.78. The normalized spacial score (nSPS) is 11.4. The molecule has 0 aliphatic carbocycles. The zero-order chi connectivity index (χ0) is 14.5. The Morgan fingerprint density at radius 3 is 2.80 bits per heavy atom. The predicted octanol–water partition coefficient (Wildman–Crippen LogP) is 2.17. The van der Waals surface area contributed by atoms with Crippen molar-refractivity contribution < 1.29 is 9.21 Å². The third-order valence-corrected chi connectivity index (χ3v) is 2.96. The number of benzene rings is 1.